The fourth-order valence-electron chi connectivity index (χ4n) is 1.92. The number of anilines is 2. The van der Waals surface area contributed by atoms with Crippen LogP contribution in [0.2, 0.25) is 0 Å². The molecule has 3 N–H and O–H groups in total. The Kier molecular flexibility index (Phi) is 4.25. The van der Waals surface area contributed by atoms with E-state index in [0.717, 1.165) is 43.1 Å². The maximum Gasteiger partial charge on any atom is 0.148 e. The van der Waals surface area contributed by atoms with E-state index in [0.29, 0.717) is 0 Å². The molecule has 2 aromatic heterocycles. The Morgan fingerprint density at radius 1 is 1.50 bits per heavy atom. The number of nitrogens with zero attached hydrogens (tertiary/aromatic N) is 2. The molecule has 2 heterocycles. The number of aromatic nitrogens is 2. The second-order valence-corrected chi connectivity index (χ2v) is 5.16. The van der Waals surface area contributed by atoms with Crippen LogP contribution < -0.4 is 11.1 Å². The van der Waals surface area contributed by atoms with Gasteiger partial charge in [0, 0.05) is 13.1 Å². The van der Waals surface area contributed by atoms with Gasteiger partial charge in [-0.1, -0.05) is 6.92 Å². The maximum atomic E-state index is 6.05. The van der Waals surface area contributed by atoms with Crippen LogP contribution in [0.25, 0.3) is 0 Å². The number of rotatable bonds is 6. The molecule has 4 nitrogen and oxygen atoms in total. The van der Waals surface area contributed by atoms with Gasteiger partial charge in [-0.3, -0.25) is 0 Å². The summed E-state index contributed by atoms with van der Waals surface area (Å²) >= 11 is 1.73. The van der Waals surface area contributed by atoms with Gasteiger partial charge in [0.15, 0.2) is 0 Å². The Morgan fingerprint density at radius 2 is 2.33 bits per heavy atom. The first kappa shape index (κ1) is 13.0. The summed E-state index contributed by atoms with van der Waals surface area (Å²) in [6, 6.07) is 2.16. The Hall–Kier alpha value is -1.49. The minimum Gasteiger partial charge on any atom is -0.394 e. The van der Waals surface area contributed by atoms with Crippen LogP contribution in [0.5, 0.6) is 0 Å². The molecule has 0 saturated heterocycles. The van der Waals surface area contributed by atoms with E-state index in [1.54, 1.807) is 11.3 Å². The van der Waals surface area contributed by atoms with Gasteiger partial charge >= 0.3 is 0 Å². The van der Waals surface area contributed by atoms with Crippen molar-refractivity contribution in [2.45, 2.75) is 33.2 Å². The van der Waals surface area contributed by atoms with E-state index in [1.165, 1.54) is 5.56 Å². The van der Waals surface area contributed by atoms with Gasteiger partial charge in [0.05, 0.1) is 11.4 Å². The molecule has 18 heavy (non-hydrogen) atoms. The van der Waals surface area contributed by atoms with Crippen molar-refractivity contribution in [1.82, 2.24) is 9.78 Å². The molecule has 0 bridgehead atoms. The minimum absolute atomic E-state index is 0.772. The van der Waals surface area contributed by atoms with Gasteiger partial charge in [-0.25, -0.2) is 4.68 Å². The first-order chi connectivity index (χ1) is 8.72. The predicted molar refractivity (Wildman–Crippen MR) is 78.2 cm³/mol. The molecule has 0 aliphatic carbocycles. The van der Waals surface area contributed by atoms with E-state index in [2.05, 4.69) is 34.2 Å². The first-order valence-corrected chi connectivity index (χ1v) is 7.24. The van der Waals surface area contributed by atoms with E-state index in [-0.39, 0.29) is 0 Å². The first-order valence-electron chi connectivity index (χ1n) is 6.30. The van der Waals surface area contributed by atoms with Crippen molar-refractivity contribution in [2.24, 2.45) is 0 Å². The minimum atomic E-state index is 0.772. The number of nitrogens with one attached hydrogen (secondary N) is 1. The fourth-order valence-corrected chi connectivity index (χ4v) is 2.62. The normalized spacial score (nSPS) is 10.8. The van der Waals surface area contributed by atoms with Crippen LogP contribution in [-0.4, -0.2) is 16.3 Å². The summed E-state index contributed by atoms with van der Waals surface area (Å²) in [7, 11) is 0. The maximum absolute atomic E-state index is 6.05. The molecule has 2 aromatic rings. The number of hydrogen-bond acceptors (Lipinski definition) is 4. The second kappa shape index (κ2) is 5.91. The quantitative estimate of drug-likeness (QED) is 0.843. The largest absolute Gasteiger partial charge is 0.394 e. The molecule has 0 aromatic carbocycles. The third-order valence-electron chi connectivity index (χ3n) is 2.90. The number of thiophene rings is 1. The summed E-state index contributed by atoms with van der Waals surface area (Å²) in [5.41, 5.74) is 9.09. The second-order valence-electron chi connectivity index (χ2n) is 4.38. The highest BCUT2D eigenvalue weighted by molar-refractivity contribution is 7.07. The van der Waals surface area contributed by atoms with Crippen molar-refractivity contribution >= 4 is 22.8 Å². The molecule has 0 amide bonds. The lowest BCUT2D eigenvalue weighted by molar-refractivity contribution is 0.603. The van der Waals surface area contributed by atoms with E-state index in [4.69, 9.17) is 5.73 Å². The summed E-state index contributed by atoms with van der Waals surface area (Å²) in [5.74, 6) is 0.963. The van der Waals surface area contributed by atoms with Gasteiger partial charge in [-0.2, -0.15) is 16.4 Å². The Labute approximate surface area is 112 Å². The summed E-state index contributed by atoms with van der Waals surface area (Å²) in [6.45, 7) is 5.88. The zero-order chi connectivity index (χ0) is 13.0. The van der Waals surface area contributed by atoms with Crippen LogP contribution in [0, 0.1) is 6.92 Å². The molecule has 0 atom stereocenters. The van der Waals surface area contributed by atoms with Crippen LogP contribution in [0.4, 0.5) is 11.5 Å². The van der Waals surface area contributed by atoms with Crippen LogP contribution in [0.15, 0.2) is 16.8 Å². The third kappa shape index (κ3) is 2.85. The van der Waals surface area contributed by atoms with Crippen LogP contribution in [-0.2, 0) is 13.0 Å². The van der Waals surface area contributed by atoms with E-state index >= 15 is 0 Å². The topological polar surface area (TPSA) is 55.9 Å². The van der Waals surface area contributed by atoms with Crippen molar-refractivity contribution < 1.29 is 0 Å². The average Bonchev–Trinajstić information content (AvgIpc) is 2.94. The van der Waals surface area contributed by atoms with Crippen molar-refractivity contribution in [3.63, 3.8) is 0 Å². The standard InChI is InChI=1S/C13H20N4S/c1-3-7-17-13(12(14)10(2)16-17)15-6-4-11-5-8-18-9-11/h5,8-9,15H,3-4,6-7,14H2,1-2H3. The van der Waals surface area contributed by atoms with Crippen LogP contribution >= 0.6 is 11.3 Å². The zero-order valence-corrected chi connectivity index (χ0v) is 11.8. The highest BCUT2D eigenvalue weighted by Crippen LogP contribution is 2.22. The highest BCUT2D eigenvalue weighted by atomic mass is 32.1. The van der Waals surface area contributed by atoms with Crippen molar-refractivity contribution in [1.29, 1.82) is 0 Å². The molecule has 0 radical (unpaired) electrons. The molecule has 98 valence electrons. The van der Waals surface area contributed by atoms with Crippen molar-refractivity contribution in [3.05, 3.63) is 28.1 Å². The molecular weight excluding hydrogens is 244 g/mol. The Bertz CT molecular complexity index is 487. The highest BCUT2D eigenvalue weighted by Gasteiger charge is 2.11. The molecule has 0 aliphatic rings. The van der Waals surface area contributed by atoms with E-state index < -0.39 is 0 Å². The fraction of sp³-hybridized carbons (Fsp3) is 0.462. The lowest BCUT2D eigenvalue weighted by Crippen LogP contribution is -2.11. The van der Waals surface area contributed by atoms with Gasteiger partial charge in [-0.05, 0) is 42.2 Å². The lowest BCUT2D eigenvalue weighted by Gasteiger charge is -2.09. The average molecular weight is 264 g/mol. The molecule has 2 rings (SSSR count). The van der Waals surface area contributed by atoms with Gasteiger partial charge in [0.2, 0.25) is 0 Å². The van der Waals surface area contributed by atoms with Gasteiger partial charge in [-0.15, -0.1) is 0 Å². The summed E-state index contributed by atoms with van der Waals surface area (Å²) < 4.78 is 1.97. The van der Waals surface area contributed by atoms with E-state index in [9.17, 15) is 0 Å². The lowest BCUT2D eigenvalue weighted by atomic mass is 10.2. The van der Waals surface area contributed by atoms with Crippen LogP contribution in [0.1, 0.15) is 24.6 Å². The van der Waals surface area contributed by atoms with Gasteiger partial charge in [0.25, 0.3) is 0 Å². The smallest absolute Gasteiger partial charge is 0.148 e. The Morgan fingerprint density at radius 3 is 3.00 bits per heavy atom. The molecule has 5 heteroatoms. The van der Waals surface area contributed by atoms with Gasteiger partial charge in [0.1, 0.15) is 5.82 Å². The zero-order valence-electron chi connectivity index (χ0n) is 10.9. The number of nitrogens with two attached hydrogens (primary N) is 1. The van der Waals surface area contributed by atoms with E-state index in [1.807, 2.05) is 11.6 Å². The van der Waals surface area contributed by atoms with Crippen molar-refractivity contribution in [3.8, 4) is 0 Å². The molecule has 0 saturated carbocycles. The number of nitrogen functional groups attached to an aromatic ring is 1. The summed E-state index contributed by atoms with van der Waals surface area (Å²) in [4.78, 5) is 0. The molecule has 0 unspecified atom stereocenters. The predicted octanol–water partition coefficient (Wildman–Crippen LogP) is 2.90. The third-order valence-corrected chi connectivity index (χ3v) is 3.63. The molecule has 0 fully saturated rings. The molecule has 0 spiro atoms. The Balaban J connectivity index is 1.99. The van der Waals surface area contributed by atoms with Crippen LogP contribution in [0.3, 0.4) is 0 Å². The SMILES string of the molecule is CCCn1nc(C)c(N)c1NCCc1ccsc1. The monoisotopic (exact) mass is 264 g/mol. The molecule has 0 aliphatic heterocycles. The summed E-state index contributed by atoms with van der Waals surface area (Å²) in [6.07, 6.45) is 2.07. The van der Waals surface area contributed by atoms with Crippen molar-refractivity contribution in [2.75, 3.05) is 17.6 Å². The number of aryl methyl sites for hydroxylation is 2. The van der Waals surface area contributed by atoms with Gasteiger partial charge < -0.3 is 11.1 Å². The summed E-state index contributed by atoms with van der Waals surface area (Å²) in [5, 5.41) is 12.1. The number of hydrogen-bond donors (Lipinski definition) is 2. The molecular formula is C13H20N4S.